The van der Waals surface area contributed by atoms with Crippen LogP contribution in [0.4, 0.5) is 11.4 Å². The summed E-state index contributed by atoms with van der Waals surface area (Å²) in [6, 6.07) is 5.24. The molecule has 1 aromatic carbocycles. The number of rotatable bonds is 4. The maximum absolute atomic E-state index is 12.8. The Morgan fingerprint density at radius 1 is 1.20 bits per heavy atom. The predicted molar refractivity (Wildman–Crippen MR) is 97.9 cm³/mol. The molecule has 7 nitrogen and oxygen atoms in total. The van der Waals surface area contributed by atoms with E-state index in [1.54, 1.807) is 26.0 Å². The Morgan fingerprint density at radius 2 is 1.88 bits per heavy atom. The fourth-order valence-electron chi connectivity index (χ4n) is 2.97. The lowest BCUT2D eigenvalue weighted by atomic mass is 10.2. The van der Waals surface area contributed by atoms with Gasteiger partial charge in [-0.05, 0) is 39.1 Å². The first-order chi connectivity index (χ1) is 11.8. The summed E-state index contributed by atoms with van der Waals surface area (Å²) < 4.78 is 33.3. The normalized spacial score (nSPS) is 16.2. The number of nitrogens with one attached hydrogen (secondary N) is 1. The van der Waals surface area contributed by atoms with Gasteiger partial charge in [-0.15, -0.1) is 0 Å². The van der Waals surface area contributed by atoms with Crippen molar-refractivity contribution in [1.82, 2.24) is 10.1 Å². The summed E-state index contributed by atoms with van der Waals surface area (Å²) in [6.07, 6.45) is 0. The van der Waals surface area contributed by atoms with Crippen molar-refractivity contribution in [1.29, 1.82) is 0 Å². The number of nitrogens with zero attached hydrogens (tertiary/aromatic N) is 3. The highest BCUT2D eigenvalue weighted by molar-refractivity contribution is 7.92. The summed E-state index contributed by atoms with van der Waals surface area (Å²) in [5.41, 5.74) is 1.60. The Labute approximate surface area is 152 Å². The molecule has 0 bridgehead atoms. The van der Waals surface area contributed by atoms with Crippen LogP contribution in [-0.2, 0) is 10.0 Å². The molecule has 2 aromatic rings. The van der Waals surface area contributed by atoms with Gasteiger partial charge in [0.15, 0.2) is 10.7 Å². The number of benzene rings is 1. The molecule has 1 fully saturated rings. The smallest absolute Gasteiger partial charge is 0.267 e. The van der Waals surface area contributed by atoms with Crippen molar-refractivity contribution >= 4 is 33.0 Å². The van der Waals surface area contributed by atoms with Gasteiger partial charge in [-0.1, -0.05) is 16.8 Å². The number of hydrogen-bond donors (Lipinski definition) is 1. The van der Waals surface area contributed by atoms with E-state index in [4.69, 9.17) is 16.1 Å². The molecular weight excluding hydrogens is 364 g/mol. The van der Waals surface area contributed by atoms with Gasteiger partial charge in [0.25, 0.3) is 10.0 Å². The second-order valence-corrected chi connectivity index (χ2v) is 8.27. The maximum atomic E-state index is 12.8. The van der Waals surface area contributed by atoms with Crippen molar-refractivity contribution in [2.45, 2.75) is 18.7 Å². The van der Waals surface area contributed by atoms with Crippen LogP contribution in [0.5, 0.6) is 0 Å². The zero-order valence-electron chi connectivity index (χ0n) is 14.4. The minimum atomic E-state index is -3.82. The van der Waals surface area contributed by atoms with Gasteiger partial charge < -0.3 is 14.3 Å². The molecule has 0 spiro atoms. The Hall–Kier alpha value is -1.77. The number of aryl methyl sites for hydroxylation is 2. The fourth-order valence-corrected chi connectivity index (χ4v) is 4.54. The van der Waals surface area contributed by atoms with Gasteiger partial charge in [-0.2, -0.15) is 0 Å². The van der Waals surface area contributed by atoms with E-state index < -0.39 is 10.0 Å². The van der Waals surface area contributed by atoms with Crippen LogP contribution in [0.15, 0.2) is 27.6 Å². The van der Waals surface area contributed by atoms with Crippen LogP contribution < -0.4 is 9.62 Å². The summed E-state index contributed by atoms with van der Waals surface area (Å²) >= 11 is 6.10. The lowest BCUT2D eigenvalue weighted by Gasteiger charge is -2.35. The number of likely N-dealkylation sites (N-methyl/N-ethyl adjacent to an activating group) is 1. The first kappa shape index (κ1) is 18.0. The minimum absolute atomic E-state index is 0.0665. The number of aromatic nitrogens is 1. The molecule has 1 saturated heterocycles. The van der Waals surface area contributed by atoms with Gasteiger partial charge in [0.1, 0.15) is 5.69 Å². The van der Waals surface area contributed by atoms with Crippen molar-refractivity contribution in [3.05, 3.63) is 34.7 Å². The average molecular weight is 385 g/mol. The number of piperazine rings is 1. The van der Waals surface area contributed by atoms with Crippen molar-refractivity contribution in [2.24, 2.45) is 0 Å². The molecule has 1 N–H and O–H groups in total. The van der Waals surface area contributed by atoms with E-state index in [-0.39, 0.29) is 10.7 Å². The molecule has 0 saturated carbocycles. The monoisotopic (exact) mass is 384 g/mol. The van der Waals surface area contributed by atoms with E-state index in [2.05, 4.69) is 26.7 Å². The van der Waals surface area contributed by atoms with Crippen LogP contribution >= 0.6 is 11.6 Å². The van der Waals surface area contributed by atoms with Crippen molar-refractivity contribution < 1.29 is 12.9 Å². The van der Waals surface area contributed by atoms with Gasteiger partial charge in [-0.3, -0.25) is 4.72 Å². The molecule has 136 valence electrons. The molecule has 2 heterocycles. The van der Waals surface area contributed by atoms with Crippen LogP contribution in [0, 0.1) is 13.8 Å². The Morgan fingerprint density at radius 3 is 2.48 bits per heavy atom. The van der Waals surface area contributed by atoms with Gasteiger partial charge in [0, 0.05) is 31.2 Å². The molecular formula is C16H21ClN4O3S. The molecule has 1 aromatic heterocycles. The van der Waals surface area contributed by atoms with Gasteiger partial charge in [0.2, 0.25) is 0 Å². The van der Waals surface area contributed by atoms with Crippen molar-refractivity contribution in [3.8, 4) is 0 Å². The molecule has 0 atom stereocenters. The molecule has 0 radical (unpaired) electrons. The second kappa shape index (κ2) is 6.86. The van der Waals surface area contributed by atoms with E-state index in [0.717, 1.165) is 31.9 Å². The van der Waals surface area contributed by atoms with Crippen LogP contribution in [0.2, 0.25) is 5.02 Å². The summed E-state index contributed by atoms with van der Waals surface area (Å²) in [5, 5.41) is 4.19. The van der Waals surface area contributed by atoms with Crippen LogP contribution in [0.3, 0.4) is 0 Å². The van der Waals surface area contributed by atoms with Gasteiger partial charge in [0.05, 0.1) is 11.4 Å². The molecule has 0 aliphatic carbocycles. The standard InChI is InChI=1S/C16H21ClN4O3S/c1-11-16(12(2)24-18-11)25(22,23)19-14-10-13(17)4-5-15(14)21-8-6-20(3)7-9-21/h4-5,10,19H,6-9H2,1-3H3. The highest BCUT2D eigenvalue weighted by Gasteiger charge is 2.26. The molecule has 0 unspecified atom stereocenters. The lowest BCUT2D eigenvalue weighted by molar-refractivity contribution is 0.313. The Kier molecular flexibility index (Phi) is 4.95. The van der Waals surface area contributed by atoms with Crippen LogP contribution in [0.1, 0.15) is 11.5 Å². The molecule has 0 amide bonds. The summed E-state index contributed by atoms with van der Waals surface area (Å²) in [4.78, 5) is 4.46. The number of sulfonamides is 1. The zero-order chi connectivity index (χ0) is 18.2. The highest BCUT2D eigenvalue weighted by atomic mass is 35.5. The van der Waals surface area contributed by atoms with E-state index >= 15 is 0 Å². The molecule has 1 aliphatic rings. The molecule has 25 heavy (non-hydrogen) atoms. The van der Waals surface area contributed by atoms with E-state index in [0.29, 0.717) is 16.4 Å². The first-order valence-corrected chi connectivity index (χ1v) is 9.83. The fraction of sp³-hybridized carbons (Fsp3) is 0.438. The Balaban J connectivity index is 1.96. The second-order valence-electron chi connectivity index (χ2n) is 6.21. The summed E-state index contributed by atoms with van der Waals surface area (Å²) in [7, 11) is -1.75. The third-order valence-electron chi connectivity index (χ3n) is 4.28. The van der Waals surface area contributed by atoms with Crippen molar-refractivity contribution in [2.75, 3.05) is 42.8 Å². The number of anilines is 2. The quantitative estimate of drug-likeness (QED) is 0.872. The van der Waals surface area contributed by atoms with E-state index in [9.17, 15) is 8.42 Å². The molecule has 9 heteroatoms. The van der Waals surface area contributed by atoms with E-state index in [1.807, 2.05) is 6.07 Å². The third-order valence-corrected chi connectivity index (χ3v) is 6.13. The Bertz CT molecular complexity index is 854. The predicted octanol–water partition coefficient (Wildman–Crippen LogP) is 2.50. The SMILES string of the molecule is Cc1noc(C)c1S(=O)(=O)Nc1cc(Cl)ccc1N1CCN(C)CC1. The number of hydrogen-bond acceptors (Lipinski definition) is 6. The lowest BCUT2D eigenvalue weighted by Crippen LogP contribution is -2.44. The van der Waals surface area contributed by atoms with Crippen molar-refractivity contribution in [3.63, 3.8) is 0 Å². The van der Waals surface area contributed by atoms with Gasteiger partial charge >= 0.3 is 0 Å². The minimum Gasteiger partial charge on any atom is -0.367 e. The zero-order valence-corrected chi connectivity index (χ0v) is 16.0. The molecule has 3 rings (SSSR count). The summed E-state index contributed by atoms with van der Waals surface area (Å²) in [6.45, 7) is 6.64. The summed E-state index contributed by atoms with van der Waals surface area (Å²) in [5.74, 6) is 0.258. The van der Waals surface area contributed by atoms with Gasteiger partial charge in [-0.25, -0.2) is 8.42 Å². The molecule has 1 aliphatic heterocycles. The van der Waals surface area contributed by atoms with Crippen LogP contribution in [0.25, 0.3) is 0 Å². The highest BCUT2D eigenvalue weighted by Crippen LogP contribution is 2.32. The average Bonchev–Trinajstić information content (AvgIpc) is 2.88. The third kappa shape index (κ3) is 3.75. The first-order valence-electron chi connectivity index (χ1n) is 7.96. The maximum Gasteiger partial charge on any atom is 0.267 e. The van der Waals surface area contributed by atoms with E-state index in [1.165, 1.54) is 0 Å². The van der Waals surface area contributed by atoms with Crippen LogP contribution in [-0.4, -0.2) is 51.7 Å². The largest absolute Gasteiger partial charge is 0.367 e. The number of halogens is 1. The topological polar surface area (TPSA) is 78.7 Å².